The molecule has 1 aliphatic rings. The van der Waals surface area contributed by atoms with Gasteiger partial charge in [0.05, 0.1) is 22.5 Å². The van der Waals surface area contributed by atoms with Crippen LogP contribution in [0.2, 0.25) is 0 Å². The second-order valence-electron chi connectivity index (χ2n) is 4.83. The van der Waals surface area contributed by atoms with Crippen LogP contribution in [0.25, 0.3) is 0 Å². The third kappa shape index (κ3) is 2.72. The van der Waals surface area contributed by atoms with Crippen molar-refractivity contribution in [3.8, 4) is 0 Å². The third-order valence-electron chi connectivity index (χ3n) is 3.67. The lowest BCUT2D eigenvalue weighted by atomic mass is 9.83. The van der Waals surface area contributed by atoms with Crippen molar-refractivity contribution in [1.29, 1.82) is 0 Å². The van der Waals surface area contributed by atoms with Gasteiger partial charge >= 0.3 is 0 Å². The van der Waals surface area contributed by atoms with E-state index in [9.17, 15) is 10.2 Å². The first-order chi connectivity index (χ1) is 8.11. The monoisotopic (exact) mass is 302 g/mol. The van der Waals surface area contributed by atoms with Crippen LogP contribution in [0.15, 0.2) is 10.7 Å². The molecule has 1 aromatic rings. The molecule has 0 aromatic carbocycles. The minimum Gasteiger partial charge on any atom is -0.390 e. The van der Waals surface area contributed by atoms with E-state index >= 15 is 0 Å². The minimum absolute atomic E-state index is 0.209. The Morgan fingerprint density at radius 2 is 2.00 bits per heavy atom. The summed E-state index contributed by atoms with van der Waals surface area (Å²) in [6.45, 7) is 0. The molecular weight excluding hydrogens is 284 g/mol. The zero-order valence-electron chi connectivity index (χ0n) is 10.0. The highest BCUT2D eigenvalue weighted by Gasteiger charge is 2.31. The largest absolute Gasteiger partial charge is 0.390 e. The Hall–Kier alpha value is -0.390. The van der Waals surface area contributed by atoms with E-state index in [2.05, 4.69) is 21.0 Å². The lowest BCUT2D eigenvalue weighted by Gasteiger charge is -2.29. The lowest BCUT2D eigenvalue weighted by Crippen LogP contribution is -2.30. The number of halogens is 1. The molecule has 1 aromatic heterocycles. The second kappa shape index (κ2) is 5.50. The Kier molecular flexibility index (Phi) is 4.22. The van der Waals surface area contributed by atoms with Gasteiger partial charge in [0.2, 0.25) is 0 Å². The van der Waals surface area contributed by atoms with Crippen molar-refractivity contribution in [2.75, 3.05) is 0 Å². The Morgan fingerprint density at radius 1 is 1.35 bits per heavy atom. The van der Waals surface area contributed by atoms with Crippen molar-refractivity contribution in [1.82, 2.24) is 9.78 Å². The van der Waals surface area contributed by atoms with E-state index in [0.29, 0.717) is 5.69 Å². The van der Waals surface area contributed by atoms with Crippen LogP contribution in [0, 0.1) is 5.92 Å². The van der Waals surface area contributed by atoms with Crippen molar-refractivity contribution in [2.24, 2.45) is 13.0 Å². The number of aryl methyl sites for hydroxylation is 1. The first-order valence-corrected chi connectivity index (χ1v) is 6.94. The second-order valence-corrected chi connectivity index (χ2v) is 5.69. The molecular formula is C12H19BrN2O2. The molecule has 2 N–H and O–H groups in total. The molecule has 0 amide bonds. The first-order valence-electron chi connectivity index (χ1n) is 6.14. The molecule has 2 atom stereocenters. The van der Waals surface area contributed by atoms with E-state index in [-0.39, 0.29) is 5.92 Å². The normalized spacial score (nSPS) is 21.4. The van der Waals surface area contributed by atoms with Gasteiger partial charge < -0.3 is 10.2 Å². The Bertz CT molecular complexity index is 355. The SMILES string of the molecule is Cn1ncc(Br)c1C(O)C(O)C1CCCCC1. The van der Waals surface area contributed by atoms with Gasteiger partial charge in [0, 0.05) is 7.05 Å². The molecule has 0 radical (unpaired) electrons. The van der Waals surface area contributed by atoms with Gasteiger partial charge in [-0.3, -0.25) is 4.68 Å². The van der Waals surface area contributed by atoms with E-state index in [1.54, 1.807) is 17.9 Å². The fourth-order valence-corrected chi connectivity index (χ4v) is 3.23. The van der Waals surface area contributed by atoms with Crippen molar-refractivity contribution >= 4 is 15.9 Å². The zero-order chi connectivity index (χ0) is 12.4. The van der Waals surface area contributed by atoms with Crippen LogP contribution in [-0.2, 0) is 7.05 Å². The predicted molar refractivity (Wildman–Crippen MR) is 68.4 cm³/mol. The quantitative estimate of drug-likeness (QED) is 0.899. The fourth-order valence-electron chi connectivity index (χ4n) is 2.65. The van der Waals surface area contributed by atoms with Gasteiger partial charge in [-0.15, -0.1) is 0 Å². The molecule has 0 saturated heterocycles. The topological polar surface area (TPSA) is 58.3 Å². The van der Waals surface area contributed by atoms with E-state index in [1.165, 1.54) is 6.42 Å². The fraction of sp³-hybridized carbons (Fsp3) is 0.750. The number of aromatic nitrogens is 2. The molecule has 0 bridgehead atoms. The van der Waals surface area contributed by atoms with E-state index < -0.39 is 12.2 Å². The van der Waals surface area contributed by atoms with Crippen LogP contribution >= 0.6 is 15.9 Å². The van der Waals surface area contributed by atoms with Crippen molar-refractivity contribution in [3.63, 3.8) is 0 Å². The van der Waals surface area contributed by atoms with Gasteiger partial charge in [0.1, 0.15) is 6.10 Å². The molecule has 0 aliphatic heterocycles. The number of hydrogen-bond donors (Lipinski definition) is 2. The predicted octanol–water partition coefficient (Wildman–Crippen LogP) is 2.16. The summed E-state index contributed by atoms with van der Waals surface area (Å²) in [6.07, 6.45) is 5.66. The first kappa shape index (κ1) is 13.1. The average molecular weight is 303 g/mol. The van der Waals surface area contributed by atoms with E-state index in [0.717, 1.165) is 30.2 Å². The van der Waals surface area contributed by atoms with E-state index in [4.69, 9.17) is 0 Å². The number of aliphatic hydroxyl groups excluding tert-OH is 2. The summed E-state index contributed by atoms with van der Waals surface area (Å²) in [4.78, 5) is 0. The Balaban J connectivity index is 2.10. The molecule has 1 heterocycles. The maximum absolute atomic E-state index is 10.3. The van der Waals surface area contributed by atoms with Gasteiger partial charge in [-0.1, -0.05) is 19.3 Å². The minimum atomic E-state index is -0.861. The van der Waals surface area contributed by atoms with Gasteiger partial charge in [-0.05, 0) is 34.7 Å². The smallest absolute Gasteiger partial charge is 0.123 e. The number of rotatable bonds is 3. The van der Waals surface area contributed by atoms with Crippen LogP contribution in [0.1, 0.15) is 43.9 Å². The van der Waals surface area contributed by atoms with Gasteiger partial charge in [0.15, 0.2) is 0 Å². The molecule has 0 spiro atoms. The molecule has 1 fully saturated rings. The summed E-state index contributed by atoms with van der Waals surface area (Å²) < 4.78 is 2.36. The Morgan fingerprint density at radius 3 is 2.53 bits per heavy atom. The van der Waals surface area contributed by atoms with Gasteiger partial charge in [-0.2, -0.15) is 5.10 Å². The summed E-state index contributed by atoms with van der Waals surface area (Å²) in [5, 5.41) is 24.6. The molecule has 1 saturated carbocycles. The van der Waals surface area contributed by atoms with Crippen LogP contribution in [0.3, 0.4) is 0 Å². The summed E-state index contributed by atoms with van der Waals surface area (Å²) in [5.74, 6) is 0.209. The van der Waals surface area contributed by atoms with Crippen molar-refractivity contribution in [2.45, 2.75) is 44.3 Å². The number of nitrogens with zero attached hydrogens (tertiary/aromatic N) is 2. The molecule has 2 rings (SSSR count). The molecule has 1 aliphatic carbocycles. The highest BCUT2D eigenvalue weighted by molar-refractivity contribution is 9.10. The average Bonchev–Trinajstić information content (AvgIpc) is 2.68. The maximum atomic E-state index is 10.3. The number of hydrogen-bond acceptors (Lipinski definition) is 3. The third-order valence-corrected chi connectivity index (χ3v) is 4.29. The van der Waals surface area contributed by atoms with Gasteiger partial charge in [-0.25, -0.2) is 0 Å². The molecule has 96 valence electrons. The molecule has 17 heavy (non-hydrogen) atoms. The molecule has 4 nitrogen and oxygen atoms in total. The molecule has 2 unspecified atom stereocenters. The summed E-state index contributed by atoms with van der Waals surface area (Å²) in [6, 6.07) is 0. The highest BCUT2D eigenvalue weighted by Crippen LogP contribution is 2.34. The summed E-state index contributed by atoms with van der Waals surface area (Å²) >= 11 is 3.36. The van der Waals surface area contributed by atoms with Crippen LogP contribution in [0.4, 0.5) is 0 Å². The standard InChI is InChI=1S/C12H19BrN2O2/c1-15-10(9(13)7-14-15)12(17)11(16)8-5-3-2-4-6-8/h7-8,11-12,16-17H,2-6H2,1H3. The van der Waals surface area contributed by atoms with Crippen LogP contribution in [-0.4, -0.2) is 26.1 Å². The van der Waals surface area contributed by atoms with Crippen LogP contribution < -0.4 is 0 Å². The lowest BCUT2D eigenvalue weighted by molar-refractivity contribution is -0.0325. The van der Waals surface area contributed by atoms with E-state index in [1.807, 2.05) is 0 Å². The van der Waals surface area contributed by atoms with Crippen LogP contribution in [0.5, 0.6) is 0 Å². The summed E-state index contributed by atoms with van der Waals surface area (Å²) in [5.41, 5.74) is 0.656. The number of aliphatic hydroxyl groups is 2. The molecule has 5 heteroatoms. The maximum Gasteiger partial charge on any atom is 0.123 e. The van der Waals surface area contributed by atoms with Gasteiger partial charge in [0.25, 0.3) is 0 Å². The Labute approximate surface area is 110 Å². The summed E-state index contributed by atoms with van der Waals surface area (Å²) in [7, 11) is 1.77. The van der Waals surface area contributed by atoms with Crippen molar-refractivity contribution in [3.05, 3.63) is 16.4 Å². The highest BCUT2D eigenvalue weighted by atomic mass is 79.9. The van der Waals surface area contributed by atoms with Crippen molar-refractivity contribution < 1.29 is 10.2 Å². The zero-order valence-corrected chi connectivity index (χ0v) is 11.6.